The lowest BCUT2D eigenvalue weighted by Crippen LogP contribution is -1.91. The van der Waals surface area contributed by atoms with Crippen molar-refractivity contribution in [1.29, 1.82) is 0 Å². The number of hydrogen-bond donors (Lipinski definition) is 1. The third-order valence-electron chi connectivity index (χ3n) is 1.41. The van der Waals surface area contributed by atoms with E-state index >= 15 is 0 Å². The average molecular weight is 180 g/mol. The van der Waals surface area contributed by atoms with Crippen molar-refractivity contribution >= 4 is 5.97 Å². The zero-order valence-electron chi connectivity index (χ0n) is 7.94. The third-order valence-corrected chi connectivity index (χ3v) is 1.41. The largest absolute Gasteiger partial charge is 0.481 e. The van der Waals surface area contributed by atoms with Crippen LogP contribution in [0.25, 0.3) is 0 Å². The SMILES string of the molecule is CCCCC(=O)O.c1ccccc1. The highest BCUT2D eigenvalue weighted by molar-refractivity contribution is 5.66. The maximum absolute atomic E-state index is 9.76. The Morgan fingerprint density at radius 1 is 1.08 bits per heavy atom. The summed E-state index contributed by atoms with van der Waals surface area (Å²) < 4.78 is 0. The molecule has 0 aliphatic carbocycles. The molecule has 0 unspecified atom stereocenters. The van der Waals surface area contributed by atoms with E-state index in [2.05, 4.69) is 0 Å². The van der Waals surface area contributed by atoms with Crippen LogP contribution in [0.2, 0.25) is 0 Å². The number of rotatable bonds is 3. The molecule has 0 aromatic heterocycles. The Balaban J connectivity index is 0.000000223. The van der Waals surface area contributed by atoms with Crippen molar-refractivity contribution in [2.45, 2.75) is 26.2 Å². The van der Waals surface area contributed by atoms with Crippen LogP contribution >= 0.6 is 0 Å². The van der Waals surface area contributed by atoms with Gasteiger partial charge in [-0.05, 0) is 6.42 Å². The summed E-state index contributed by atoms with van der Waals surface area (Å²) >= 11 is 0. The Hall–Kier alpha value is -1.31. The molecule has 2 nitrogen and oxygen atoms in total. The third kappa shape index (κ3) is 10.7. The van der Waals surface area contributed by atoms with Crippen LogP contribution < -0.4 is 0 Å². The van der Waals surface area contributed by atoms with E-state index in [4.69, 9.17) is 5.11 Å². The highest BCUT2D eigenvalue weighted by Gasteiger charge is 1.90. The quantitative estimate of drug-likeness (QED) is 0.776. The second kappa shape index (κ2) is 8.78. The van der Waals surface area contributed by atoms with Gasteiger partial charge >= 0.3 is 5.97 Å². The van der Waals surface area contributed by atoms with Crippen LogP contribution in [0.3, 0.4) is 0 Å². The Kier molecular flexibility index (Phi) is 7.90. The Bertz CT molecular complexity index is 180. The van der Waals surface area contributed by atoms with Crippen molar-refractivity contribution < 1.29 is 9.90 Å². The molecule has 0 saturated carbocycles. The Morgan fingerprint density at radius 3 is 1.62 bits per heavy atom. The molecule has 13 heavy (non-hydrogen) atoms. The van der Waals surface area contributed by atoms with E-state index in [1.165, 1.54) is 0 Å². The molecule has 1 aromatic carbocycles. The van der Waals surface area contributed by atoms with E-state index in [1.54, 1.807) is 0 Å². The number of aliphatic carboxylic acids is 1. The van der Waals surface area contributed by atoms with Gasteiger partial charge in [-0.1, -0.05) is 49.7 Å². The van der Waals surface area contributed by atoms with Gasteiger partial charge in [0.1, 0.15) is 0 Å². The monoisotopic (exact) mass is 180 g/mol. The summed E-state index contributed by atoms with van der Waals surface area (Å²) in [6.07, 6.45) is 2.08. The first kappa shape index (κ1) is 11.7. The van der Waals surface area contributed by atoms with Gasteiger partial charge in [0.2, 0.25) is 0 Å². The minimum absolute atomic E-state index is 0.316. The zero-order chi connectivity index (χ0) is 9.94. The summed E-state index contributed by atoms with van der Waals surface area (Å²) in [6, 6.07) is 12.0. The van der Waals surface area contributed by atoms with Crippen molar-refractivity contribution in [3.63, 3.8) is 0 Å². The highest BCUT2D eigenvalue weighted by atomic mass is 16.4. The van der Waals surface area contributed by atoms with Gasteiger partial charge in [-0.25, -0.2) is 0 Å². The standard InChI is InChI=1S/C6H6.C5H10O2/c1-2-4-6-5-3-1;1-2-3-4-5(6)7/h1-6H;2-4H2,1H3,(H,6,7). The molecule has 1 N–H and O–H groups in total. The maximum Gasteiger partial charge on any atom is 0.303 e. The molecular formula is C11H16O2. The fourth-order valence-corrected chi connectivity index (χ4v) is 0.713. The van der Waals surface area contributed by atoms with E-state index in [0.717, 1.165) is 12.8 Å². The molecular weight excluding hydrogens is 164 g/mol. The average Bonchev–Trinajstić information content (AvgIpc) is 2.18. The molecule has 0 amide bonds. The van der Waals surface area contributed by atoms with Crippen molar-refractivity contribution in [3.8, 4) is 0 Å². The molecule has 1 rings (SSSR count). The van der Waals surface area contributed by atoms with Crippen LogP contribution in [-0.2, 0) is 4.79 Å². The van der Waals surface area contributed by atoms with Crippen LogP contribution in [0.15, 0.2) is 36.4 Å². The molecule has 72 valence electrons. The lowest BCUT2D eigenvalue weighted by molar-refractivity contribution is -0.137. The second-order valence-electron chi connectivity index (χ2n) is 2.65. The van der Waals surface area contributed by atoms with Gasteiger partial charge in [0, 0.05) is 6.42 Å². The van der Waals surface area contributed by atoms with Crippen LogP contribution in [-0.4, -0.2) is 11.1 Å². The molecule has 0 spiro atoms. The van der Waals surface area contributed by atoms with Gasteiger partial charge < -0.3 is 5.11 Å². The molecule has 0 radical (unpaired) electrons. The lowest BCUT2D eigenvalue weighted by atomic mass is 10.3. The van der Waals surface area contributed by atoms with Crippen molar-refractivity contribution in [1.82, 2.24) is 0 Å². The van der Waals surface area contributed by atoms with Crippen LogP contribution in [0, 0.1) is 0 Å². The number of carboxylic acid groups (broad SMARTS) is 1. The number of carbonyl (C=O) groups is 1. The molecule has 0 fully saturated rings. The summed E-state index contributed by atoms with van der Waals surface area (Å²) in [4.78, 5) is 9.76. The Morgan fingerprint density at radius 2 is 1.46 bits per heavy atom. The summed E-state index contributed by atoms with van der Waals surface area (Å²) in [5, 5.41) is 8.04. The molecule has 0 aliphatic heterocycles. The molecule has 0 atom stereocenters. The summed E-state index contributed by atoms with van der Waals surface area (Å²) in [5.74, 6) is -0.693. The molecule has 1 aromatic rings. The van der Waals surface area contributed by atoms with E-state index in [0.29, 0.717) is 6.42 Å². The van der Waals surface area contributed by atoms with Gasteiger partial charge in [0.25, 0.3) is 0 Å². The minimum atomic E-state index is -0.693. The minimum Gasteiger partial charge on any atom is -0.481 e. The Labute approximate surface area is 79.2 Å². The number of carboxylic acids is 1. The fourth-order valence-electron chi connectivity index (χ4n) is 0.713. The molecule has 2 heteroatoms. The molecule has 0 saturated heterocycles. The predicted molar refractivity (Wildman–Crippen MR) is 53.6 cm³/mol. The first-order valence-electron chi connectivity index (χ1n) is 4.49. The van der Waals surface area contributed by atoms with Gasteiger partial charge in [-0.2, -0.15) is 0 Å². The van der Waals surface area contributed by atoms with Crippen LogP contribution in [0.4, 0.5) is 0 Å². The summed E-state index contributed by atoms with van der Waals surface area (Å²) in [6.45, 7) is 1.98. The lowest BCUT2D eigenvalue weighted by Gasteiger charge is -1.85. The van der Waals surface area contributed by atoms with Crippen LogP contribution in [0.1, 0.15) is 26.2 Å². The maximum atomic E-state index is 9.76. The normalized spacial score (nSPS) is 8.38. The smallest absolute Gasteiger partial charge is 0.303 e. The highest BCUT2D eigenvalue weighted by Crippen LogP contribution is 1.91. The second-order valence-corrected chi connectivity index (χ2v) is 2.65. The first-order valence-corrected chi connectivity index (χ1v) is 4.49. The topological polar surface area (TPSA) is 37.3 Å². The van der Waals surface area contributed by atoms with E-state index < -0.39 is 5.97 Å². The number of unbranched alkanes of at least 4 members (excludes halogenated alkanes) is 1. The first-order chi connectivity index (χ1) is 6.27. The van der Waals surface area contributed by atoms with Crippen molar-refractivity contribution in [2.75, 3.05) is 0 Å². The van der Waals surface area contributed by atoms with Crippen LogP contribution in [0.5, 0.6) is 0 Å². The van der Waals surface area contributed by atoms with Crippen molar-refractivity contribution in [2.24, 2.45) is 0 Å². The summed E-state index contributed by atoms with van der Waals surface area (Å²) in [5.41, 5.74) is 0. The zero-order valence-corrected chi connectivity index (χ0v) is 7.94. The van der Waals surface area contributed by atoms with Gasteiger partial charge in [0.15, 0.2) is 0 Å². The van der Waals surface area contributed by atoms with E-state index in [1.807, 2.05) is 43.3 Å². The molecule has 0 aliphatic rings. The fraction of sp³-hybridized carbons (Fsp3) is 0.364. The van der Waals surface area contributed by atoms with Gasteiger partial charge in [0.05, 0.1) is 0 Å². The van der Waals surface area contributed by atoms with E-state index in [-0.39, 0.29) is 0 Å². The van der Waals surface area contributed by atoms with Crippen molar-refractivity contribution in [3.05, 3.63) is 36.4 Å². The summed E-state index contributed by atoms with van der Waals surface area (Å²) in [7, 11) is 0. The predicted octanol–water partition coefficient (Wildman–Crippen LogP) is 2.95. The van der Waals surface area contributed by atoms with Gasteiger partial charge in [-0.3, -0.25) is 4.79 Å². The molecule has 0 bridgehead atoms. The number of benzene rings is 1. The molecule has 0 heterocycles. The van der Waals surface area contributed by atoms with Gasteiger partial charge in [-0.15, -0.1) is 0 Å². The number of hydrogen-bond acceptors (Lipinski definition) is 1. The van der Waals surface area contributed by atoms with E-state index in [9.17, 15) is 4.79 Å².